The Labute approximate surface area is 108 Å². The molecule has 1 unspecified atom stereocenters. The van der Waals surface area contributed by atoms with Gasteiger partial charge in [0.2, 0.25) is 5.91 Å². The largest absolute Gasteiger partial charge is 0.396 e. The second-order valence-corrected chi connectivity index (χ2v) is 4.16. The van der Waals surface area contributed by atoms with E-state index >= 15 is 0 Å². The lowest BCUT2D eigenvalue weighted by atomic mass is 10.1. The summed E-state index contributed by atoms with van der Waals surface area (Å²) in [5.41, 5.74) is 1.05. The zero-order valence-electron chi connectivity index (χ0n) is 10.8. The van der Waals surface area contributed by atoms with Crippen molar-refractivity contribution >= 4 is 5.91 Å². The van der Waals surface area contributed by atoms with E-state index in [2.05, 4.69) is 5.32 Å². The molecule has 4 nitrogen and oxygen atoms in total. The minimum Gasteiger partial charge on any atom is -0.396 e. The highest BCUT2D eigenvalue weighted by atomic mass is 16.5. The Hall–Kier alpha value is -1.39. The molecule has 100 valence electrons. The number of benzene rings is 1. The molecule has 0 heterocycles. The van der Waals surface area contributed by atoms with Gasteiger partial charge in [0, 0.05) is 12.6 Å². The van der Waals surface area contributed by atoms with Crippen LogP contribution in [0, 0.1) is 0 Å². The maximum atomic E-state index is 11.6. The summed E-state index contributed by atoms with van der Waals surface area (Å²) in [4.78, 5) is 11.6. The van der Waals surface area contributed by atoms with Gasteiger partial charge in [-0.15, -0.1) is 0 Å². The van der Waals surface area contributed by atoms with Crippen LogP contribution < -0.4 is 5.32 Å². The first kappa shape index (κ1) is 14.7. The average Bonchev–Trinajstić information content (AvgIpc) is 2.39. The van der Waals surface area contributed by atoms with E-state index in [0.29, 0.717) is 13.0 Å². The third-order valence-corrected chi connectivity index (χ3v) is 2.68. The SMILES string of the molecule is CCC(CCO)NC(=O)COCc1ccccc1. The van der Waals surface area contributed by atoms with Gasteiger partial charge in [-0.3, -0.25) is 4.79 Å². The van der Waals surface area contributed by atoms with Crippen molar-refractivity contribution in [2.45, 2.75) is 32.4 Å². The summed E-state index contributed by atoms with van der Waals surface area (Å²) in [5.74, 6) is -0.133. The predicted molar refractivity (Wildman–Crippen MR) is 70.0 cm³/mol. The second-order valence-electron chi connectivity index (χ2n) is 4.16. The van der Waals surface area contributed by atoms with Crippen LogP contribution in [0.5, 0.6) is 0 Å². The van der Waals surface area contributed by atoms with Gasteiger partial charge in [-0.1, -0.05) is 37.3 Å². The first-order valence-electron chi connectivity index (χ1n) is 6.28. The Balaban J connectivity index is 2.20. The van der Waals surface area contributed by atoms with E-state index in [1.54, 1.807) is 0 Å². The van der Waals surface area contributed by atoms with Crippen LogP contribution in [-0.4, -0.2) is 30.3 Å². The third kappa shape index (κ3) is 5.80. The number of aliphatic hydroxyl groups is 1. The lowest BCUT2D eigenvalue weighted by Gasteiger charge is -2.15. The van der Waals surface area contributed by atoms with Crippen LogP contribution in [0.4, 0.5) is 0 Å². The van der Waals surface area contributed by atoms with E-state index in [4.69, 9.17) is 9.84 Å². The van der Waals surface area contributed by atoms with E-state index in [1.165, 1.54) is 0 Å². The van der Waals surface area contributed by atoms with E-state index < -0.39 is 0 Å². The van der Waals surface area contributed by atoms with Gasteiger partial charge in [-0.25, -0.2) is 0 Å². The van der Waals surface area contributed by atoms with Crippen molar-refractivity contribution in [1.82, 2.24) is 5.32 Å². The Morgan fingerprint density at radius 3 is 2.72 bits per heavy atom. The van der Waals surface area contributed by atoms with Crippen LogP contribution in [0.3, 0.4) is 0 Å². The number of aliphatic hydroxyl groups excluding tert-OH is 1. The third-order valence-electron chi connectivity index (χ3n) is 2.68. The molecule has 1 rings (SSSR count). The van der Waals surface area contributed by atoms with Crippen LogP contribution in [-0.2, 0) is 16.1 Å². The van der Waals surface area contributed by atoms with E-state index in [9.17, 15) is 4.79 Å². The molecule has 4 heteroatoms. The summed E-state index contributed by atoms with van der Waals surface area (Å²) in [6.45, 7) is 2.55. The molecule has 0 aliphatic heterocycles. The van der Waals surface area contributed by atoms with Crippen molar-refractivity contribution in [3.8, 4) is 0 Å². The van der Waals surface area contributed by atoms with Gasteiger partial charge in [-0.2, -0.15) is 0 Å². The number of hydrogen-bond donors (Lipinski definition) is 2. The molecule has 1 aromatic carbocycles. The maximum Gasteiger partial charge on any atom is 0.246 e. The summed E-state index contributed by atoms with van der Waals surface area (Å²) in [6.07, 6.45) is 1.39. The Bertz CT molecular complexity index is 340. The molecule has 0 radical (unpaired) electrons. The molecule has 0 fully saturated rings. The van der Waals surface area contributed by atoms with Crippen molar-refractivity contribution < 1.29 is 14.6 Å². The van der Waals surface area contributed by atoms with Gasteiger partial charge in [0.25, 0.3) is 0 Å². The molecule has 1 aromatic rings. The Morgan fingerprint density at radius 2 is 2.11 bits per heavy atom. The number of nitrogens with one attached hydrogen (secondary N) is 1. The molecule has 1 atom stereocenters. The Morgan fingerprint density at radius 1 is 1.39 bits per heavy atom. The molecule has 0 aromatic heterocycles. The van der Waals surface area contributed by atoms with Crippen molar-refractivity contribution in [2.24, 2.45) is 0 Å². The first-order chi connectivity index (χ1) is 8.76. The lowest BCUT2D eigenvalue weighted by Crippen LogP contribution is -2.37. The van der Waals surface area contributed by atoms with Gasteiger partial charge in [-0.05, 0) is 18.4 Å². The van der Waals surface area contributed by atoms with Crippen molar-refractivity contribution in [2.75, 3.05) is 13.2 Å². The number of rotatable bonds is 8. The molecule has 0 bridgehead atoms. The zero-order valence-corrected chi connectivity index (χ0v) is 10.8. The zero-order chi connectivity index (χ0) is 13.2. The fourth-order valence-corrected chi connectivity index (χ4v) is 1.64. The molecule has 18 heavy (non-hydrogen) atoms. The highest BCUT2D eigenvalue weighted by Gasteiger charge is 2.09. The summed E-state index contributed by atoms with van der Waals surface area (Å²) in [6, 6.07) is 9.76. The van der Waals surface area contributed by atoms with Crippen LogP contribution in [0.1, 0.15) is 25.3 Å². The number of carbonyl (C=O) groups is 1. The van der Waals surface area contributed by atoms with E-state index in [0.717, 1.165) is 12.0 Å². The lowest BCUT2D eigenvalue weighted by molar-refractivity contribution is -0.126. The summed E-state index contributed by atoms with van der Waals surface area (Å²) in [5, 5.41) is 11.7. The highest BCUT2D eigenvalue weighted by molar-refractivity contribution is 5.77. The van der Waals surface area contributed by atoms with Gasteiger partial charge >= 0.3 is 0 Å². The predicted octanol–water partition coefficient (Wildman–Crippen LogP) is 1.48. The van der Waals surface area contributed by atoms with Gasteiger partial charge in [0.1, 0.15) is 6.61 Å². The van der Waals surface area contributed by atoms with E-state index in [-0.39, 0.29) is 25.2 Å². The minimum absolute atomic E-state index is 0.0304. The van der Waals surface area contributed by atoms with Crippen molar-refractivity contribution in [3.63, 3.8) is 0 Å². The van der Waals surface area contributed by atoms with Crippen LogP contribution in [0.25, 0.3) is 0 Å². The van der Waals surface area contributed by atoms with Crippen LogP contribution >= 0.6 is 0 Å². The van der Waals surface area contributed by atoms with Crippen molar-refractivity contribution in [3.05, 3.63) is 35.9 Å². The topological polar surface area (TPSA) is 58.6 Å². The van der Waals surface area contributed by atoms with Gasteiger partial charge in [0.05, 0.1) is 6.61 Å². The normalized spacial score (nSPS) is 12.1. The smallest absolute Gasteiger partial charge is 0.246 e. The highest BCUT2D eigenvalue weighted by Crippen LogP contribution is 2.00. The fraction of sp³-hybridized carbons (Fsp3) is 0.500. The van der Waals surface area contributed by atoms with Gasteiger partial charge in [0.15, 0.2) is 0 Å². The summed E-state index contributed by atoms with van der Waals surface area (Å²) < 4.78 is 5.33. The molecule has 1 amide bonds. The molecule has 0 spiro atoms. The van der Waals surface area contributed by atoms with Crippen LogP contribution in [0.2, 0.25) is 0 Å². The van der Waals surface area contributed by atoms with Gasteiger partial charge < -0.3 is 15.2 Å². The monoisotopic (exact) mass is 251 g/mol. The summed E-state index contributed by atoms with van der Waals surface area (Å²) >= 11 is 0. The number of carbonyl (C=O) groups excluding carboxylic acids is 1. The first-order valence-corrected chi connectivity index (χ1v) is 6.28. The molecular weight excluding hydrogens is 230 g/mol. The van der Waals surface area contributed by atoms with E-state index in [1.807, 2.05) is 37.3 Å². The number of hydrogen-bond acceptors (Lipinski definition) is 3. The molecule has 0 aliphatic rings. The minimum atomic E-state index is -0.133. The molecule has 0 saturated heterocycles. The van der Waals surface area contributed by atoms with Crippen molar-refractivity contribution in [1.29, 1.82) is 0 Å². The fourth-order valence-electron chi connectivity index (χ4n) is 1.64. The average molecular weight is 251 g/mol. The molecule has 0 aliphatic carbocycles. The number of amides is 1. The maximum absolute atomic E-state index is 11.6. The quantitative estimate of drug-likeness (QED) is 0.735. The second kappa shape index (κ2) is 8.66. The van der Waals surface area contributed by atoms with Crippen LogP contribution in [0.15, 0.2) is 30.3 Å². The Kier molecular flexibility index (Phi) is 7.06. The molecule has 2 N–H and O–H groups in total. The molecular formula is C14H21NO3. The number of ether oxygens (including phenoxy) is 1. The summed E-state index contributed by atoms with van der Waals surface area (Å²) in [7, 11) is 0. The molecule has 0 saturated carbocycles. The standard InChI is InChI=1S/C14H21NO3/c1-2-13(8-9-16)15-14(17)11-18-10-12-6-4-3-5-7-12/h3-7,13,16H,2,8-11H2,1H3,(H,15,17).